The van der Waals surface area contributed by atoms with Crippen LogP contribution in [0.15, 0.2) is 48.5 Å². The summed E-state index contributed by atoms with van der Waals surface area (Å²) < 4.78 is 5.54. The second-order valence-electron chi connectivity index (χ2n) is 12.1. The molecule has 2 atom stereocenters. The van der Waals surface area contributed by atoms with Gasteiger partial charge in [-0.25, -0.2) is 0 Å². The fraction of sp³-hybridized carbons (Fsp3) is 0.611. The van der Waals surface area contributed by atoms with Crippen LogP contribution in [-0.4, -0.2) is 21.8 Å². The Balaban J connectivity index is 2.12. The van der Waals surface area contributed by atoms with Crippen molar-refractivity contribution >= 4 is 23.3 Å². The van der Waals surface area contributed by atoms with Crippen molar-refractivity contribution < 1.29 is 24.2 Å². The van der Waals surface area contributed by atoms with E-state index in [2.05, 4.69) is 13.8 Å². The van der Waals surface area contributed by atoms with Crippen molar-refractivity contribution in [2.45, 2.75) is 141 Å². The molecular formula is C36H52N2O7. The molecule has 0 aliphatic rings. The number of hydrogen-bond acceptors (Lipinski definition) is 7. The fourth-order valence-corrected chi connectivity index (χ4v) is 5.70. The molecule has 9 nitrogen and oxygen atoms in total. The topological polar surface area (TPSA) is 130 Å². The van der Waals surface area contributed by atoms with Gasteiger partial charge in [0.2, 0.25) is 0 Å². The molecule has 2 unspecified atom stereocenters. The molecule has 0 amide bonds. The Kier molecular flexibility index (Phi) is 18.3. The number of esters is 2. The van der Waals surface area contributed by atoms with Crippen molar-refractivity contribution in [3.05, 3.63) is 79.9 Å². The lowest BCUT2D eigenvalue weighted by Crippen LogP contribution is -2.24. The molecule has 0 spiro atoms. The number of nitro benzene ring substituents is 2. The highest BCUT2D eigenvalue weighted by molar-refractivity contribution is 5.92. The fourth-order valence-electron chi connectivity index (χ4n) is 5.70. The molecule has 0 aliphatic heterocycles. The molecule has 2 aromatic carbocycles. The summed E-state index contributed by atoms with van der Waals surface area (Å²) in [5.41, 5.74) is 1.02. The van der Waals surface area contributed by atoms with Gasteiger partial charge in [-0.1, -0.05) is 141 Å². The van der Waals surface area contributed by atoms with Gasteiger partial charge in [-0.2, -0.15) is 0 Å². The zero-order valence-electron chi connectivity index (χ0n) is 27.3. The molecule has 0 radical (unpaired) electrons. The number of nitrogens with zero attached hydrogens (tertiary/aromatic N) is 2. The Hall–Kier alpha value is -3.62. The summed E-state index contributed by atoms with van der Waals surface area (Å²) in [5.74, 6) is -2.79. The number of carbonyl (C=O) groups is 2. The Labute approximate surface area is 268 Å². The number of carbonyl (C=O) groups excluding carboxylic acids is 2. The summed E-state index contributed by atoms with van der Waals surface area (Å²) in [6.45, 7) is 4.37. The molecule has 45 heavy (non-hydrogen) atoms. The number of unbranched alkanes of at least 4 members (excludes halogenated alkanes) is 14. The van der Waals surface area contributed by atoms with Crippen LogP contribution in [0.4, 0.5) is 11.4 Å². The van der Waals surface area contributed by atoms with Gasteiger partial charge in [0.1, 0.15) is 0 Å². The van der Waals surface area contributed by atoms with Crippen LogP contribution in [-0.2, 0) is 14.3 Å². The van der Waals surface area contributed by atoms with Crippen molar-refractivity contribution in [3.8, 4) is 0 Å². The predicted octanol–water partition coefficient (Wildman–Crippen LogP) is 10.5. The lowest BCUT2D eigenvalue weighted by atomic mass is 9.91. The quantitative estimate of drug-likeness (QED) is 0.0373. The summed E-state index contributed by atoms with van der Waals surface area (Å²) >= 11 is 0. The normalized spacial score (nSPS) is 12.4. The van der Waals surface area contributed by atoms with Crippen LogP contribution in [0.3, 0.4) is 0 Å². The van der Waals surface area contributed by atoms with Crippen LogP contribution in [0, 0.1) is 20.2 Å². The van der Waals surface area contributed by atoms with Crippen molar-refractivity contribution in [1.82, 2.24) is 0 Å². The second kappa shape index (κ2) is 22.0. The summed E-state index contributed by atoms with van der Waals surface area (Å²) in [5, 5.41) is 22.4. The number of ether oxygens (including phenoxy) is 1. The van der Waals surface area contributed by atoms with E-state index in [0.717, 1.165) is 51.4 Å². The number of hydrogen-bond donors (Lipinski definition) is 0. The third-order valence-electron chi connectivity index (χ3n) is 8.48. The van der Waals surface area contributed by atoms with Gasteiger partial charge in [0.15, 0.2) is 0 Å². The minimum Gasteiger partial charge on any atom is -0.392 e. The van der Waals surface area contributed by atoms with E-state index in [1.54, 1.807) is 24.3 Å². The van der Waals surface area contributed by atoms with E-state index < -0.39 is 33.6 Å². The molecule has 0 bridgehead atoms. The van der Waals surface area contributed by atoms with Crippen molar-refractivity contribution in [2.75, 3.05) is 0 Å². The number of nitro groups is 2. The summed E-state index contributed by atoms with van der Waals surface area (Å²) in [6.07, 6.45) is 18.5. The number of benzene rings is 2. The van der Waals surface area contributed by atoms with Gasteiger partial charge in [0.25, 0.3) is 11.4 Å². The van der Waals surface area contributed by atoms with Crippen molar-refractivity contribution in [2.24, 2.45) is 0 Å². The average Bonchev–Trinajstić information content (AvgIpc) is 3.03. The second-order valence-corrected chi connectivity index (χ2v) is 12.1. The van der Waals surface area contributed by atoms with E-state index in [-0.39, 0.29) is 11.4 Å². The van der Waals surface area contributed by atoms with E-state index in [1.807, 2.05) is 0 Å². The summed E-state index contributed by atoms with van der Waals surface area (Å²) in [6, 6.07) is 11.7. The van der Waals surface area contributed by atoms with Gasteiger partial charge in [-0.05, 0) is 24.0 Å². The highest BCUT2D eigenvalue weighted by atomic mass is 16.6. The van der Waals surface area contributed by atoms with Crippen molar-refractivity contribution in [1.29, 1.82) is 0 Å². The smallest absolute Gasteiger partial charge is 0.321 e. The van der Waals surface area contributed by atoms with E-state index in [1.165, 1.54) is 75.6 Å². The molecule has 0 N–H and O–H groups in total. The molecule has 0 saturated heterocycles. The molecule has 248 valence electrons. The maximum Gasteiger partial charge on any atom is 0.321 e. The first-order valence-electron chi connectivity index (χ1n) is 17.0. The maximum absolute atomic E-state index is 13.5. The van der Waals surface area contributed by atoms with Crippen LogP contribution >= 0.6 is 0 Å². The first kappa shape index (κ1) is 37.6. The van der Waals surface area contributed by atoms with Gasteiger partial charge in [-0.15, -0.1) is 0 Å². The van der Waals surface area contributed by atoms with Crippen LogP contribution in [0.2, 0.25) is 0 Å². The van der Waals surface area contributed by atoms with Crippen LogP contribution in [0.25, 0.3) is 0 Å². The first-order valence-corrected chi connectivity index (χ1v) is 17.0. The Morgan fingerprint density at radius 1 is 0.533 bits per heavy atom. The van der Waals surface area contributed by atoms with E-state index >= 15 is 0 Å². The zero-order valence-corrected chi connectivity index (χ0v) is 27.3. The highest BCUT2D eigenvalue weighted by Gasteiger charge is 2.30. The van der Waals surface area contributed by atoms with Gasteiger partial charge in [0.05, 0.1) is 21.7 Å². The van der Waals surface area contributed by atoms with E-state index in [0.29, 0.717) is 24.0 Å². The third-order valence-corrected chi connectivity index (χ3v) is 8.48. The lowest BCUT2D eigenvalue weighted by Gasteiger charge is -2.19. The average molecular weight is 625 g/mol. The summed E-state index contributed by atoms with van der Waals surface area (Å²) in [7, 11) is 0. The molecule has 0 saturated carbocycles. The van der Waals surface area contributed by atoms with Crippen molar-refractivity contribution in [3.63, 3.8) is 0 Å². The first-order chi connectivity index (χ1) is 21.8. The van der Waals surface area contributed by atoms with E-state index in [9.17, 15) is 29.8 Å². The number of rotatable bonds is 24. The van der Waals surface area contributed by atoms with Crippen LogP contribution in [0.5, 0.6) is 0 Å². The monoisotopic (exact) mass is 624 g/mol. The van der Waals surface area contributed by atoms with Gasteiger partial charge < -0.3 is 4.74 Å². The summed E-state index contributed by atoms with van der Waals surface area (Å²) in [4.78, 5) is 48.4. The van der Waals surface area contributed by atoms with Gasteiger partial charge in [0, 0.05) is 24.3 Å². The Morgan fingerprint density at radius 3 is 1.11 bits per heavy atom. The highest BCUT2D eigenvalue weighted by Crippen LogP contribution is 2.30. The molecule has 0 fully saturated rings. The Bertz CT molecular complexity index is 1070. The SMILES string of the molecule is CCCCCCCCCCC(C(=O)OC(=O)C(CCCCCCCCCC)c1ccc([N+](=O)[O-])cc1)c1ccc([N+](=O)[O-])cc1. The maximum atomic E-state index is 13.5. The zero-order chi connectivity index (χ0) is 32.9. The minimum absolute atomic E-state index is 0.0716. The molecule has 0 aromatic heterocycles. The molecule has 0 aliphatic carbocycles. The lowest BCUT2D eigenvalue weighted by molar-refractivity contribution is -0.385. The van der Waals surface area contributed by atoms with Gasteiger partial charge >= 0.3 is 11.9 Å². The minimum atomic E-state index is -0.726. The Morgan fingerprint density at radius 2 is 0.822 bits per heavy atom. The predicted molar refractivity (Wildman–Crippen MR) is 177 cm³/mol. The molecule has 2 aromatic rings. The molecule has 2 rings (SSSR count). The standard InChI is InChI=1S/C36H52N2O7/c1-3-5-7-9-11-13-15-17-19-33(29-21-25-31(26-22-29)37(41)42)35(39)45-36(40)34(20-18-16-14-12-10-8-6-4-2)30-23-27-32(28-24-30)38(43)44/h21-28,33-34H,3-20H2,1-2H3. The third kappa shape index (κ3) is 14.4. The largest absolute Gasteiger partial charge is 0.392 e. The molecule has 9 heteroatoms. The van der Waals surface area contributed by atoms with Gasteiger partial charge in [-0.3, -0.25) is 29.8 Å². The van der Waals surface area contributed by atoms with Crippen LogP contribution in [0.1, 0.15) is 152 Å². The molecule has 0 heterocycles. The molecular weight excluding hydrogens is 572 g/mol. The number of non-ortho nitro benzene ring substituents is 2. The van der Waals surface area contributed by atoms with Crippen LogP contribution < -0.4 is 0 Å². The van der Waals surface area contributed by atoms with E-state index in [4.69, 9.17) is 4.74 Å².